The Kier molecular flexibility index (Phi) is 7.18. The largest absolute Gasteiger partial charge is 0.497 e. The van der Waals surface area contributed by atoms with Crippen molar-refractivity contribution in [2.75, 3.05) is 24.3 Å². The molecule has 3 N–H and O–H groups in total. The van der Waals surface area contributed by atoms with Crippen molar-refractivity contribution in [1.29, 1.82) is 0 Å². The third-order valence-electron chi connectivity index (χ3n) is 4.02. The number of carbonyl (C=O) groups excluding carboxylic acids is 2. The molecule has 0 aliphatic rings. The van der Waals surface area contributed by atoms with Crippen LogP contribution in [0.15, 0.2) is 60.0 Å². The summed E-state index contributed by atoms with van der Waals surface area (Å²) in [6.45, 7) is 0.528. The Morgan fingerprint density at radius 2 is 1.90 bits per heavy atom. The van der Waals surface area contributed by atoms with E-state index >= 15 is 0 Å². The highest BCUT2D eigenvalue weighted by Gasteiger charge is 2.10. The van der Waals surface area contributed by atoms with Crippen LogP contribution in [-0.4, -0.2) is 30.6 Å². The van der Waals surface area contributed by atoms with E-state index < -0.39 is 0 Å². The van der Waals surface area contributed by atoms with Gasteiger partial charge in [-0.25, -0.2) is 9.78 Å². The second-order valence-corrected chi connectivity index (χ2v) is 7.08. The molecular formula is C21H22N4O3S. The number of carbonyl (C=O) groups is 2. The molecule has 1 aromatic heterocycles. The molecule has 0 fully saturated rings. The molecule has 0 spiro atoms. The fourth-order valence-electron chi connectivity index (χ4n) is 2.63. The van der Waals surface area contributed by atoms with E-state index in [4.69, 9.17) is 4.74 Å². The molecule has 29 heavy (non-hydrogen) atoms. The van der Waals surface area contributed by atoms with Crippen LogP contribution < -0.4 is 20.7 Å². The van der Waals surface area contributed by atoms with Crippen molar-refractivity contribution >= 4 is 34.1 Å². The summed E-state index contributed by atoms with van der Waals surface area (Å²) >= 11 is 1.28. The lowest BCUT2D eigenvalue weighted by Gasteiger charge is -2.06. The fourth-order valence-corrected chi connectivity index (χ4v) is 3.33. The van der Waals surface area contributed by atoms with Gasteiger partial charge in [-0.2, -0.15) is 0 Å². The topological polar surface area (TPSA) is 92.4 Å². The predicted octanol–water partition coefficient (Wildman–Crippen LogP) is 3.70. The number of methoxy groups -OCH3 is 1. The van der Waals surface area contributed by atoms with Gasteiger partial charge in [0, 0.05) is 17.6 Å². The Bertz CT molecular complexity index is 959. The number of nitrogens with one attached hydrogen (secondary N) is 3. The zero-order valence-electron chi connectivity index (χ0n) is 16.0. The number of para-hydroxylation sites is 1. The highest BCUT2D eigenvalue weighted by Crippen LogP contribution is 2.17. The maximum absolute atomic E-state index is 12.1. The maximum atomic E-state index is 12.1. The molecule has 0 saturated carbocycles. The van der Waals surface area contributed by atoms with E-state index in [9.17, 15) is 9.59 Å². The van der Waals surface area contributed by atoms with Gasteiger partial charge in [0.05, 0.1) is 19.2 Å². The molecule has 8 heteroatoms. The van der Waals surface area contributed by atoms with Crippen LogP contribution in [0.1, 0.15) is 11.3 Å². The van der Waals surface area contributed by atoms with Gasteiger partial charge in [0.1, 0.15) is 5.75 Å². The molecule has 0 bridgehead atoms. The van der Waals surface area contributed by atoms with Crippen LogP contribution in [0, 0.1) is 0 Å². The van der Waals surface area contributed by atoms with Crippen molar-refractivity contribution in [2.45, 2.75) is 12.8 Å². The number of urea groups is 1. The highest BCUT2D eigenvalue weighted by atomic mass is 32.1. The van der Waals surface area contributed by atoms with Crippen molar-refractivity contribution in [3.8, 4) is 5.75 Å². The Morgan fingerprint density at radius 1 is 1.07 bits per heavy atom. The van der Waals surface area contributed by atoms with Gasteiger partial charge in [-0.3, -0.25) is 10.1 Å². The summed E-state index contributed by atoms with van der Waals surface area (Å²) in [7, 11) is 1.63. The Morgan fingerprint density at radius 3 is 2.69 bits per heavy atom. The number of nitrogens with zero attached hydrogens (tertiary/aromatic N) is 1. The Balaban J connectivity index is 1.42. The second-order valence-electron chi connectivity index (χ2n) is 6.22. The smallest absolute Gasteiger partial charge is 0.325 e. The molecule has 0 unspecified atom stereocenters. The summed E-state index contributed by atoms with van der Waals surface area (Å²) in [6, 6.07) is 16.5. The van der Waals surface area contributed by atoms with E-state index in [-0.39, 0.29) is 18.4 Å². The van der Waals surface area contributed by atoms with Crippen LogP contribution in [0.25, 0.3) is 0 Å². The van der Waals surface area contributed by atoms with E-state index in [0.717, 1.165) is 11.3 Å². The van der Waals surface area contributed by atoms with Crippen LogP contribution in [0.4, 0.5) is 15.6 Å². The number of anilines is 2. The molecule has 7 nitrogen and oxygen atoms in total. The molecule has 3 aromatic rings. The highest BCUT2D eigenvalue weighted by molar-refractivity contribution is 7.14. The minimum atomic E-state index is -0.375. The van der Waals surface area contributed by atoms with Crippen molar-refractivity contribution in [3.05, 3.63) is 71.2 Å². The summed E-state index contributed by atoms with van der Waals surface area (Å²) in [5.41, 5.74) is 2.40. The molecule has 0 saturated heterocycles. The Labute approximate surface area is 173 Å². The number of hydrogen-bond acceptors (Lipinski definition) is 5. The van der Waals surface area contributed by atoms with Gasteiger partial charge < -0.3 is 15.4 Å². The number of benzene rings is 2. The van der Waals surface area contributed by atoms with Gasteiger partial charge in [0.15, 0.2) is 5.13 Å². The quantitative estimate of drug-likeness (QED) is 0.528. The third-order valence-corrected chi connectivity index (χ3v) is 4.82. The first-order valence-corrected chi connectivity index (χ1v) is 9.97. The van der Waals surface area contributed by atoms with Crippen LogP contribution in [0.3, 0.4) is 0 Å². The van der Waals surface area contributed by atoms with Crippen LogP contribution in [0.5, 0.6) is 5.75 Å². The SMILES string of the molecule is COc1cccc(CCNC(=O)Cc2csc(NC(=O)Nc3ccccc3)n2)c1. The molecule has 1 heterocycles. The van der Waals surface area contributed by atoms with Gasteiger partial charge >= 0.3 is 6.03 Å². The zero-order valence-corrected chi connectivity index (χ0v) is 16.8. The van der Waals surface area contributed by atoms with Gasteiger partial charge in [-0.1, -0.05) is 30.3 Å². The standard InChI is InChI=1S/C21H22N4O3S/c1-28-18-9-5-6-15(12-18)10-11-22-19(26)13-17-14-29-21(24-17)25-20(27)23-16-7-3-2-4-8-16/h2-9,12,14H,10-11,13H2,1H3,(H,22,26)(H2,23,24,25,27). The lowest BCUT2D eigenvalue weighted by molar-refractivity contribution is -0.120. The van der Waals surface area contributed by atoms with Crippen LogP contribution >= 0.6 is 11.3 Å². The first-order valence-electron chi connectivity index (χ1n) is 9.09. The van der Waals surface area contributed by atoms with Crippen molar-refractivity contribution in [3.63, 3.8) is 0 Å². The van der Waals surface area contributed by atoms with Gasteiger partial charge in [0.2, 0.25) is 5.91 Å². The average molecular weight is 410 g/mol. The number of thiazole rings is 1. The molecule has 0 radical (unpaired) electrons. The number of hydrogen-bond donors (Lipinski definition) is 3. The molecular weight excluding hydrogens is 388 g/mol. The minimum absolute atomic E-state index is 0.113. The van der Waals surface area contributed by atoms with Crippen LogP contribution in [0.2, 0.25) is 0 Å². The number of ether oxygens (including phenoxy) is 1. The molecule has 0 aliphatic carbocycles. The van der Waals surface area contributed by atoms with Gasteiger partial charge in [0.25, 0.3) is 0 Å². The van der Waals surface area contributed by atoms with Crippen molar-refractivity contribution < 1.29 is 14.3 Å². The van der Waals surface area contributed by atoms with E-state index in [1.807, 2.05) is 42.5 Å². The molecule has 0 aliphatic heterocycles. The summed E-state index contributed by atoms with van der Waals surface area (Å²) in [6.07, 6.45) is 0.878. The summed E-state index contributed by atoms with van der Waals surface area (Å²) < 4.78 is 5.20. The summed E-state index contributed by atoms with van der Waals surface area (Å²) in [4.78, 5) is 28.4. The van der Waals surface area contributed by atoms with Gasteiger partial charge in [-0.15, -0.1) is 11.3 Å². The van der Waals surface area contributed by atoms with E-state index in [1.165, 1.54) is 11.3 Å². The van der Waals surface area contributed by atoms with Crippen LogP contribution in [-0.2, 0) is 17.6 Å². The second kappa shape index (κ2) is 10.2. The average Bonchev–Trinajstić information content (AvgIpc) is 3.15. The lowest BCUT2D eigenvalue weighted by atomic mass is 10.1. The van der Waals surface area contributed by atoms with E-state index in [0.29, 0.717) is 29.5 Å². The first-order chi connectivity index (χ1) is 14.1. The summed E-state index contributed by atoms with van der Waals surface area (Å²) in [5, 5.41) is 10.5. The normalized spacial score (nSPS) is 10.2. The van der Waals surface area contributed by atoms with Gasteiger partial charge in [-0.05, 0) is 36.2 Å². The maximum Gasteiger partial charge on any atom is 0.325 e. The lowest BCUT2D eigenvalue weighted by Crippen LogP contribution is -2.27. The minimum Gasteiger partial charge on any atom is -0.497 e. The predicted molar refractivity (Wildman–Crippen MR) is 115 cm³/mol. The van der Waals surface area contributed by atoms with Crippen molar-refractivity contribution in [1.82, 2.24) is 10.3 Å². The third kappa shape index (κ3) is 6.62. The monoisotopic (exact) mass is 410 g/mol. The molecule has 0 atom stereocenters. The number of aromatic nitrogens is 1. The Hall–Kier alpha value is -3.39. The van der Waals surface area contributed by atoms with E-state index in [1.54, 1.807) is 24.6 Å². The first kappa shape index (κ1) is 20.3. The molecule has 2 aromatic carbocycles. The molecule has 3 rings (SSSR count). The molecule has 3 amide bonds. The van der Waals surface area contributed by atoms with E-state index in [2.05, 4.69) is 20.9 Å². The fraction of sp³-hybridized carbons (Fsp3) is 0.190. The summed E-state index contributed by atoms with van der Waals surface area (Å²) in [5.74, 6) is 0.686. The van der Waals surface area contributed by atoms with Crippen molar-refractivity contribution in [2.24, 2.45) is 0 Å². The zero-order chi connectivity index (χ0) is 20.5. The molecule has 150 valence electrons. The number of rotatable bonds is 8. The number of amides is 3.